The number of hydrogen-bond acceptors (Lipinski definition) is 2. The van der Waals surface area contributed by atoms with Gasteiger partial charge in [0.25, 0.3) is 5.91 Å². The molecular formula is C19H17ClN2O2. The fourth-order valence-corrected chi connectivity index (χ4v) is 2.10. The molecule has 0 bridgehead atoms. The Morgan fingerprint density at radius 1 is 1.08 bits per heavy atom. The molecule has 2 amide bonds. The van der Waals surface area contributed by atoms with E-state index in [1.165, 1.54) is 6.08 Å². The normalized spacial score (nSPS) is 10.4. The van der Waals surface area contributed by atoms with Crippen LogP contribution < -0.4 is 10.6 Å². The molecule has 0 unspecified atom stereocenters. The summed E-state index contributed by atoms with van der Waals surface area (Å²) in [5.41, 5.74) is 1.70. The minimum absolute atomic E-state index is 0.271. The number of amides is 2. The van der Waals surface area contributed by atoms with Crippen molar-refractivity contribution in [2.24, 2.45) is 0 Å². The third kappa shape index (κ3) is 5.11. The highest BCUT2D eigenvalue weighted by Gasteiger charge is 2.11. The topological polar surface area (TPSA) is 58.2 Å². The third-order valence-electron chi connectivity index (χ3n) is 3.13. The zero-order valence-electron chi connectivity index (χ0n) is 13.0. The molecule has 2 aromatic rings. The Labute approximate surface area is 145 Å². The number of nitrogens with one attached hydrogen (secondary N) is 2. The number of para-hydroxylation sites is 1. The van der Waals surface area contributed by atoms with Gasteiger partial charge >= 0.3 is 0 Å². The first-order valence-electron chi connectivity index (χ1n) is 7.33. The first kappa shape index (κ1) is 17.5. The molecule has 0 aliphatic heterocycles. The van der Waals surface area contributed by atoms with Crippen molar-refractivity contribution in [3.05, 3.63) is 83.4 Å². The van der Waals surface area contributed by atoms with E-state index < -0.39 is 0 Å². The zero-order valence-corrected chi connectivity index (χ0v) is 13.7. The van der Waals surface area contributed by atoms with Gasteiger partial charge in [0.15, 0.2) is 0 Å². The molecule has 2 N–H and O–H groups in total. The molecule has 0 spiro atoms. The lowest BCUT2D eigenvalue weighted by molar-refractivity contribution is -0.111. The molecule has 0 heterocycles. The molecule has 0 aliphatic rings. The molecular weight excluding hydrogens is 324 g/mol. The summed E-state index contributed by atoms with van der Waals surface area (Å²) in [5.74, 6) is -0.596. The van der Waals surface area contributed by atoms with Crippen molar-refractivity contribution in [3.8, 4) is 0 Å². The predicted molar refractivity (Wildman–Crippen MR) is 98.1 cm³/mol. The van der Waals surface area contributed by atoms with Crippen molar-refractivity contribution in [1.29, 1.82) is 0 Å². The van der Waals surface area contributed by atoms with Crippen molar-refractivity contribution < 1.29 is 9.59 Å². The van der Waals surface area contributed by atoms with E-state index >= 15 is 0 Å². The smallest absolute Gasteiger partial charge is 0.253 e. The lowest BCUT2D eigenvalue weighted by Crippen LogP contribution is -2.24. The Bertz CT molecular complexity index is 767. The molecule has 2 rings (SSSR count). The summed E-state index contributed by atoms with van der Waals surface area (Å²) < 4.78 is 0. The molecule has 0 fully saturated rings. The van der Waals surface area contributed by atoms with Gasteiger partial charge in [0, 0.05) is 17.6 Å². The predicted octanol–water partition coefficient (Wildman–Crippen LogP) is 3.91. The van der Waals surface area contributed by atoms with Crippen molar-refractivity contribution in [2.45, 2.75) is 0 Å². The Morgan fingerprint density at radius 3 is 2.50 bits per heavy atom. The monoisotopic (exact) mass is 340 g/mol. The van der Waals surface area contributed by atoms with Gasteiger partial charge in [-0.3, -0.25) is 9.59 Å². The van der Waals surface area contributed by atoms with Crippen molar-refractivity contribution in [3.63, 3.8) is 0 Å². The highest BCUT2D eigenvalue weighted by molar-refractivity contribution is 6.30. The number of benzene rings is 2. The fraction of sp³-hybridized carbons (Fsp3) is 0.0526. The average Bonchev–Trinajstić information content (AvgIpc) is 2.59. The van der Waals surface area contributed by atoms with Gasteiger partial charge in [0.1, 0.15) is 0 Å². The van der Waals surface area contributed by atoms with Crippen LogP contribution in [0.3, 0.4) is 0 Å². The molecule has 5 heteroatoms. The maximum Gasteiger partial charge on any atom is 0.253 e. The molecule has 0 aromatic heterocycles. The van der Waals surface area contributed by atoms with E-state index in [2.05, 4.69) is 17.2 Å². The van der Waals surface area contributed by atoms with Crippen LogP contribution in [0.5, 0.6) is 0 Å². The first-order valence-corrected chi connectivity index (χ1v) is 7.70. The summed E-state index contributed by atoms with van der Waals surface area (Å²) in [6.45, 7) is 3.91. The van der Waals surface area contributed by atoms with E-state index in [-0.39, 0.29) is 11.8 Å². The van der Waals surface area contributed by atoms with Gasteiger partial charge in [-0.1, -0.05) is 41.9 Å². The summed E-state index contributed by atoms with van der Waals surface area (Å²) in [6.07, 6.45) is 4.67. The number of carbonyl (C=O) groups excluding carboxylic acids is 2. The van der Waals surface area contributed by atoms with Crippen LogP contribution >= 0.6 is 11.6 Å². The van der Waals surface area contributed by atoms with Crippen LogP contribution in [-0.4, -0.2) is 18.4 Å². The molecule has 0 saturated carbocycles. The maximum absolute atomic E-state index is 12.1. The molecule has 24 heavy (non-hydrogen) atoms. The van der Waals surface area contributed by atoms with E-state index in [1.54, 1.807) is 48.6 Å². The lowest BCUT2D eigenvalue weighted by Gasteiger charge is -2.09. The van der Waals surface area contributed by atoms with Gasteiger partial charge in [-0.2, -0.15) is 0 Å². The van der Waals surface area contributed by atoms with Crippen LogP contribution in [0.4, 0.5) is 5.69 Å². The van der Waals surface area contributed by atoms with E-state index in [0.717, 1.165) is 5.56 Å². The number of rotatable bonds is 6. The van der Waals surface area contributed by atoms with Gasteiger partial charge in [0.05, 0.1) is 11.3 Å². The van der Waals surface area contributed by atoms with Gasteiger partial charge in [-0.25, -0.2) is 0 Å². The van der Waals surface area contributed by atoms with E-state index in [9.17, 15) is 9.59 Å². The maximum atomic E-state index is 12.1. The highest BCUT2D eigenvalue weighted by Crippen LogP contribution is 2.15. The average molecular weight is 341 g/mol. The summed E-state index contributed by atoms with van der Waals surface area (Å²) in [4.78, 5) is 24.1. The quantitative estimate of drug-likeness (QED) is 0.618. The van der Waals surface area contributed by atoms with E-state index in [1.807, 2.05) is 12.1 Å². The number of anilines is 1. The third-order valence-corrected chi connectivity index (χ3v) is 3.39. The highest BCUT2D eigenvalue weighted by atomic mass is 35.5. The van der Waals surface area contributed by atoms with Crippen molar-refractivity contribution >= 4 is 35.2 Å². The van der Waals surface area contributed by atoms with Crippen LogP contribution in [0.1, 0.15) is 15.9 Å². The fourth-order valence-electron chi connectivity index (χ4n) is 1.97. The number of carbonyl (C=O) groups is 2. The largest absolute Gasteiger partial charge is 0.349 e. The summed E-state index contributed by atoms with van der Waals surface area (Å²) >= 11 is 5.82. The summed E-state index contributed by atoms with van der Waals surface area (Å²) in [6, 6.07) is 13.9. The Kier molecular flexibility index (Phi) is 6.34. The van der Waals surface area contributed by atoms with Gasteiger partial charge < -0.3 is 10.6 Å². The van der Waals surface area contributed by atoms with Crippen LogP contribution in [0.2, 0.25) is 5.02 Å². The van der Waals surface area contributed by atoms with Crippen LogP contribution in [0.15, 0.2) is 67.3 Å². The van der Waals surface area contributed by atoms with E-state index in [0.29, 0.717) is 22.8 Å². The SMILES string of the molecule is C=CCNC(=O)c1ccccc1NC(=O)/C=C/c1ccc(Cl)cc1. The lowest BCUT2D eigenvalue weighted by atomic mass is 10.1. The van der Waals surface area contributed by atoms with Gasteiger partial charge in [-0.05, 0) is 35.9 Å². The summed E-state index contributed by atoms with van der Waals surface area (Å²) in [7, 11) is 0. The Hall–Kier alpha value is -2.85. The second kappa shape index (κ2) is 8.70. The zero-order chi connectivity index (χ0) is 17.4. The Balaban J connectivity index is 2.07. The first-order chi connectivity index (χ1) is 11.6. The van der Waals surface area contributed by atoms with Gasteiger partial charge in [0.2, 0.25) is 5.91 Å². The molecule has 4 nitrogen and oxygen atoms in total. The Morgan fingerprint density at radius 2 is 1.79 bits per heavy atom. The van der Waals surface area contributed by atoms with Crippen LogP contribution in [0.25, 0.3) is 6.08 Å². The summed E-state index contributed by atoms with van der Waals surface area (Å²) in [5, 5.41) is 6.03. The number of halogens is 1. The van der Waals surface area contributed by atoms with Crippen LogP contribution in [-0.2, 0) is 4.79 Å². The second-order valence-electron chi connectivity index (χ2n) is 4.92. The minimum Gasteiger partial charge on any atom is -0.349 e. The van der Waals surface area contributed by atoms with Crippen molar-refractivity contribution in [2.75, 3.05) is 11.9 Å². The molecule has 0 aliphatic carbocycles. The standard InChI is InChI=1S/C19H17ClN2O2/c1-2-13-21-19(24)16-5-3-4-6-17(16)22-18(23)12-9-14-7-10-15(20)11-8-14/h2-12H,1,13H2,(H,21,24)(H,22,23)/b12-9+. The van der Waals surface area contributed by atoms with Crippen molar-refractivity contribution in [1.82, 2.24) is 5.32 Å². The van der Waals surface area contributed by atoms with E-state index in [4.69, 9.17) is 11.6 Å². The van der Waals surface area contributed by atoms with Crippen LogP contribution in [0, 0.1) is 0 Å². The molecule has 0 atom stereocenters. The molecule has 0 radical (unpaired) electrons. The number of hydrogen-bond donors (Lipinski definition) is 2. The molecule has 0 saturated heterocycles. The second-order valence-corrected chi connectivity index (χ2v) is 5.35. The van der Waals surface area contributed by atoms with Gasteiger partial charge in [-0.15, -0.1) is 6.58 Å². The molecule has 122 valence electrons. The molecule has 2 aromatic carbocycles. The minimum atomic E-state index is -0.325.